The van der Waals surface area contributed by atoms with E-state index < -0.39 is 5.97 Å². The van der Waals surface area contributed by atoms with Crippen LogP contribution in [0.2, 0.25) is 10.0 Å². The number of nitrogens with one attached hydrogen (secondary N) is 1. The molecule has 0 saturated heterocycles. The van der Waals surface area contributed by atoms with E-state index in [0.29, 0.717) is 5.02 Å². The Labute approximate surface area is 148 Å². The minimum Gasteiger partial charge on any atom is -0.457 e. The predicted octanol–water partition coefficient (Wildman–Crippen LogP) is 4.44. The molecule has 3 aromatic rings. The maximum atomic E-state index is 12.1. The van der Waals surface area contributed by atoms with Gasteiger partial charge in [-0.15, -0.1) is 0 Å². The van der Waals surface area contributed by atoms with Crippen molar-refractivity contribution >= 4 is 45.9 Å². The molecule has 0 unspecified atom stereocenters. The fraction of sp³-hybridized carbons (Fsp3) is 0.111. The van der Waals surface area contributed by atoms with Gasteiger partial charge in [0.2, 0.25) is 5.78 Å². The number of ketones is 1. The summed E-state index contributed by atoms with van der Waals surface area (Å²) in [5.41, 5.74) is 2.05. The first-order valence-corrected chi connectivity index (χ1v) is 7.99. The third-order valence-electron chi connectivity index (χ3n) is 3.61. The molecule has 1 N–H and O–H groups in total. The number of carbonyl (C=O) groups excluding carboxylic acids is 2. The van der Waals surface area contributed by atoms with Crippen LogP contribution in [0.3, 0.4) is 0 Å². The molecule has 6 heteroatoms. The van der Waals surface area contributed by atoms with Crippen LogP contribution in [0.5, 0.6) is 0 Å². The highest BCUT2D eigenvalue weighted by Crippen LogP contribution is 2.22. The number of halogens is 2. The van der Waals surface area contributed by atoms with E-state index in [0.717, 1.165) is 16.5 Å². The van der Waals surface area contributed by atoms with Crippen molar-refractivity contribution in [2.45, 2.75) is 6.42 Å². The van der Waals surface area contributed by atoms with E-state index in [1.165, 1.54) is 12.1 Å². The molecule has 0 aliphatic carbocycles. The van der Waals surface area contributed by atoms with Gasteiger partial charge in [-0.25, -0.2) is 0 Å². The van der Waals surface area contributed by atoms with Crippen LogP contribution in [0.25, 0.3) is 10.9 Å². The average molecular weight is 362 g/mol. The molecular formula is C18H13Cl2NO3. The number of carbonyl (C=O) groups is 2. The lowest BCUT2D eigenvalue weighted by Gasteiger charge is -2.06. The molecule has 0 aliphatic heterocycles. The monoisotopic (exact) mass is 361 g/mol. The van der Waals surface area contributed by atoms with Gasteiger partial charge in [0.05, 0.1) is 11.4 Å². The molecule has 0 saturated carbocycles. The lowest BCUT2D eigenvalue weighted by molar-refractivity contribution is -0.141. The van der Waals surface area contributed by atoms with Gasteiger partial charge < -0.3 is 9.72 Å². The molecular weight excluding hydrogens is 349 g/mol. The van der Waals surface area contributed by atoms with Crippen LogP contribution in [0.4, 0.5) is 0 Å². The molecule has 24 heavy (non-hydrogen) atoms. The number of hydrogen-bond acceptors (Lipinski definition) is 3. The largest absolute Gasteiger partial charge is 0.457 e. The molecule has 0 amide bonds. The van der Waals surface area contributed by atoms with Crippen molar-refractivity contribution in [3.63, 3.8) is 0 Å². The van der Waals surface area contributed by atoms with Gasteiger partial charge in [0.1, 0.15) is 0 Å². The first kappa shape index (κ1) is 16.6. The normalized spacial score (nSPS) is 10.8. The van der Waals surface area contributed by atoms with Crippen molar-refractivity contribution < 1.29 is 14.3 Å². The maximum absolute atomic E-state index is 12.1. The number of fused-ring (bicyclic) bond motifs is 1. The van der Waals surface area contributed by atoms with Gasteiger partial charge in [0.15, 0.2) is 6.61 Å². The van der Waals surface area contributed by atoms with Crippen LogP contribution in [0, 0.1) is 0 Å². The van der Waals surface area contributed by atoms with Crippen molar-refractivity contribution in [1.82, 2.24) is 4.98 Å². The van der Waals surface area contributed by atoms with Crippen LogP contribution >= 0.6 is 23.2 Å². The minimum atomic E-state index is -0.474. The van der Waals surface area contributed by atoms with Gasteiger partial charge in [-0.05, 0) is 29.8 Å². The number of Topliss-reactive ketones (excluding diaryl/α,β-unsaturated/α-hetero) is 1. The van der Waals surface area contributed by atoms with Gasteiger partial charge in [-0.1, -0.05) is 41.4 Å². The zero-order valence-electron chi connectivity index (χ0n) is 12.5. The van der Waals surface area contributed by atoms with Crippen LogP contribution < -0.4 is 0 Å². The van der Waals surface area contributed by atoms with E-state index >= 15 is 0 Å². The van der Waals surface area contributed by atoms with E-state index in [4.69, 9.17) is 27.9 Å². The van der Waals surface area contributed by atoms with Crippen LogP contribution in [0.15, 0.2) is 48.7 Å². The van der Waals surface area contributed by atoms with E-state index in [9.17, 15) is 9.59 Å². The van der Waals surface area contributed by atoms with Gasteiger partial charge in [-0.2, -0.15) is 0 Å². The fourth-order valence-corrected chi connectivity index (χ4v) is 2.94. The van der Waals surface area contributed by atoms with Gasteiger partial charge in [0.25, 0.3) is 0 Å². The Morgan fingerprint density at radius 1 is 1.08 bits per heavy atom. The molecule has 122 valence electrons. The van der Waals surface area contributed by atoms with Crippen LogP contribution in [0.1, 0.15) is 15.9 Å². The van der Waals surface area contributed by atoms with Crippen molar-refractivity contribution in [2.75, 3.05) is 6.61 Å². The Morgan fingerprint density at radius 2 is 1.88 bits per heavy atom. The summed E-state index contributed by atoms with van der Waals surface area (Å²) in [5.74, 6) is -0.845. The second kappa shape index (κ2) is 7.07. The topological polar surface area (TPSA) is 59.2 Å². The molecule has 0 aliphatic rings. The van der Waals surface area contributed by atoms with Crippen molar-refractivity contribution in [3.8, 4) is 0 Å². The molecule has 0 spiro atoms. The molecule has 1 aromatic heterocycles. The van der Waals surface area contributed by atoms with E-state index in [1.807, 2.05) is 24.3 Å². The number of esters is 1. The molecule has 0 fully saturated rings. The Kier molecular flexibility index (Phi) is 4.88. The predicted molar refractivity (Wildman–Crippen MR) is 93.8 cm³/mol. The lowest BCUT2D eigenvalue weighted by atomic mass is 10.1. The summed E-state index contributed by atoms with van der Waals surface area (Å²) >= 11 is 11.8. The number of para-hydroxylation sites is 1. The first-order valence-electron chi connectivity index (χ1n) is 7.23. The Balaban J connectivity index is 1.62. The summed E-state index contributed by atoms with van der Waals surface area (Å²) in [7, 11) is 0. The minimum absolute atomic E-state index is 0.0889. The molecule has 0 bridgehead atoms. The standard InChI is InChI=1S/C18H13Cl2NO3/c19-12-5-6-14(15(20)8-12)17(22)10-24-18(23)7-11-9-21-16-4-2-1-3-13(11)16/h1-6,8-9,21H,7,10H2. The molecule has 4 nitrogen and oxygen atoms in total. The molecule has 0 radical (unpaired) electrons. The van der Waals surface area contributed by atoms with E-state index in [1.54, 1.807) is 12.3 Å². The summed E-state index contributed by atoms with van der Waals surface area (Å²) in [4.78, 5) is 27.2. The first-order chi connectivity index (χ1) is 11.5. The maximum Gasteiger partial charge on any atom is 0.310 e. The second-order valence-electron chi connectivity index (χ2n) is 5.24. The Morgan fingerprint density at radius 3 is 2.67 bits per heavy atom. The highest BCUT2D eigenvalue weighted by atomic mass is 35.5. The number of ether oxygens (including phenoxy) is 1. The lowest BCUT2D eigenvalue weighted by Crippen LogP contribution is -2.16. The van der Waals surface area contributed by atoms with Crippen molar-refractivity contribution in [1.29, 1.82) is 0 Å². The quantitative estimate of drug-likeness (QED) is 0.539. The summed E-state index contributed by atoms with van der Waals surface area (Å²) in [6.45, 7) is -0.359. The SMILES string of the molecule is O=C(Cc1c[nH]c2ccccc12)OCC(=O)c1ccc(Cl)cc1Cl. The third kappa shape index (κ3) is 3.61. The fourth-order valence-electron chi connectivity index (χ4n) is 2.42. The van der Waals surface area contributed by atoms with Gasteiger partial charge >= 0.3 is 5.97 Å². The Hall–Kier alpha value is -2.30. The van der Waals surface area contributed by atoms with Crippen molar-refractivity contribution in [3.05, 3.63) is 69.8 Å². The zero-order valence-corrected chi connectivity index (χ0v) is 14.0. The van der Waals surface area contributed by atoms with Crippen molar-refractivity contribution in [2.24, 2.45) is 0 Å². The van der Waals surface area contributed by atoms with Gasteiger partial charge in [0, 0.05) is 27.7 Å². The molecule has 2 aromatic carbocycles. The third-order valence-corrected chi connectivity index (χ3v) is 4.15. The number of aromatic nitrogens is 1. The number of aromatic amines is 1. The molecule has 0 atom stereocenters. The van der Waals surface area contributed by atoms with E-state index in [-0.39, 0.29) is 29.4 Å². The summed E-state index contributed by atoms with van der Waals surface area (Å²) in [6, 6.07) is 12.2. The van der Waals surface area contributed by atoms with E-state index in [2.05, 4.69) is 4.98 Å². The summed E-state index contributed by atoms with van der Waals surface area (Å²) < 4.78 is 5.07. The van der Waals surface area contributed by atoms with Crippen LogP contribution in [-0.2, 0) is 16.0 Å². The second-order valence-corrected chi connectivity index (χ2v) is 6.09. The Bertz CT molecular complexity index is 918. The number of hydrogen-bond donors (Lipinski definition) is 1. The zero-order chi connectivity index (χ0) is 17.1. The van der Waals surface area contributed by atoms with Gasteiger partial charge in [-0.3, -0.25) is 9.59 Å². The van der Waals surface area contributed by atoms with Crippen LogP contribution in [-0.4, -0.2) is 23.3 Å². The highest BCUT2D eigenvalue weighted by molar-refractivity contribution is 6.36. The molecule has 1 heterocycles. The highest BCUT2D eigenvalue weighted by Gasteiger charge is 2.15. The number of rotatable bonds is 5. The number of benzene rings is 2. The summed E-state index contributed by atoms with van der Waals surface area (Å²) in [6.07, 6.45) is 1.86. The molecule has 3 rings (SSSR count). The average Bonchev–Trinajstić information content (AvgIpc) is 2.96. The number of H-pyrrole nitrogens is 1. The smallest absolute Gasteiger partial charge is 0.310 e. The summed E-state index contributed by atoms with van der Waals surface area (Å²) in [5, 5.41) is 1.63.